The van der Waals surface area contributed by atoms with E-state index in [4.69, 9.17) is 24.9 Å². The van der Waals surface area contributed by atoms with E-state index in [-0.39, 0.29) is 0 Å². The molecule has 0 bridgehead atoms. The van der Waals surface area contributed by atoms with Crippen molar-refractivity contribution in [2.75, 3.05) is 6.79 Å². The number of esters is 2. The summed E-state index contributed by atoms with van der Waals surface area (Å²) in [5.74, 6) is -1.18. The average Bonchev–Trinajstić information content (AvgIpc) is 2.61. The smallest absolute Gasteiger partial charge is 0.356 e. The monoisotopic (exact) mass is 317 g/mol. The number of ether oxygens (including phenoxy) is 2. The van der Waals surface area contributed by atoms with Gasteiger partial charge in [0.2, 0.25) is 6.79 Å². The molecule has 6 nitrogen and oxygen atoms in total. The Morgan fingerprint density at radius 2 is 1.50 bits per heavy atom. The maximum atomic E-state index is 11.9. The Hall–Kier alpha value is -2.50. The molecule has 24 heavy (non-hydrogen) atoms. The highest BCUT2D eigenvalue weighted by Gasteiger charge is 2.17. The van der Waals surface area contributed by atoms with Crippen LogP contribution < -0.4 is 9.05 Å². The lowest BCUT2D eigenvalue weighted by Crippen LogP contribution is -2.56. The second-order valence-corrected chi connectivity index (χ2v) is 4.95. The summed E-state index contributed by atoms with van der Waals surface area (Å²) in [4.78, 5) is 23.6. The molecule has 0 atom stereocenters. The van der Waals surface area contributed by atoms with E-state index in [1.54, 1.807) is 46.0 Å². The minimum absolute atomic E-state index is 0.304. The van der Waals surface area contributed by atoms with Gasteiger partial charge in [0.1, 0.15) is 34.2 Å². The summed E-state index contributed by atoms with van der Waals surface area (Å²) in [7, 11) is 14.2. The van der Waals surface area contributed by atoms with Crippen LogP contribution in [-0.4, -0.2) is 47.9 Å². The first-order valence-corrected chi connectivity index (χ1v) is 7.12. The summed E-state index contributed by atoms with van der Waals surface area (Å²) in [6, 6.07) is 6.28. The van der Waals surface area contributed by atoms with Crippen LogP contribution in [0.3, 0.4) is 0 Å². The van der Waals surface area contributed by atoms with Crippen molar-refractivity contribution in [3.05, 3.63) is 60.2 Å². The third-order valence-corrected chi connectivity index (χ3v) is 3.22. The molecule has 5 radical (unpaired) electrons. The summed E-state index contributed by atoms with van der Waals surface area (Å²) in [5, 5.41) is 0. The molecule has 0 amide bonds. The predicted octanol–water partition coefficient (Wildman–Crippen LogP) is -1.44. The van der Waals surface area contributed by atoms with Crippen molar-refractivity contribution in [2.45, 2.75) is 0 Å². The summed E-state index contributed by atoms with van der Waals surface area (Å²) >= 11 is 0. The van der Waals surface area contributed by atoms with Crippen molar-refractivity contribution in [1.29, 1.82) is 0 Å². The van der Waals surface area contributed by atoms with Crippen molar-refractivity contribution in [2.24, 2.45) is 7.05 Å². The number of aryl methyl sites for hydroxylation is 1. The predicted molar refractivity (Wildman–Crippen MR) is 88.4 cm³/mol. The first kappa shape index (κ1) is 17.8. The van der Waals surface area contributed by atoms with Gasteiger partial charge in [-0.15, -0.1) is 0 Å². The van der Waals surface area contributed by atoms with E-state index in [1.165, 1.54) is 19.2 Å². The third kappa shape index (κ3) is 4.75. The van der Waals surface area contributed by atoms with Gasteiger partial charge in [0, 0.05) is 32.0 Å². The summed E-state index contributed by atoms with van der Waals surface area (Å²) in [6.07, 6.45) is 6.62. The van der Waals surface area contributed by atoms with Gasteiger partial charge in [0.15, 0.2) is 12.4 Å². The molecular formula is C14H13B4N2O4+2. The van der Waals surface area contributed by atoms with Gasteiger partial charge in [-0.3, -0.25) is 0 Å². The Morgan fingerprint density at radius 3 is 1.96 bits per heavy atom. The third-order valence-electron chi connectivity index (χ3n) is 3.22. The molecule has 0 aromatic carbocycles. The van der Waals surface area contributed by atoms with E-state index >= 15 is 0 Å². The van der Waals surface area contributed by atoms with Gasteiger partial charge in [-0.05, 0) is 0 Å². The van der Waals surface area contributed by atoms with Gasteiger partial charge in [-0.25, -0.2) is 14.2 Å². The molecule has 2 aromatic heterocycles. The molecule has 0 spiro atoms. The molecule has 0 aliphatic rings. The number of pyridine rings is 2. The zero-order valence-electron chi connectivity index (χ0n) is 13.2. The molecule has 2 aromatic rings. The molecule has 2 rings (SSSR count). The van der Waals surface area contributed by atoms with Crippen molar-refractivity contribution in [3.63, 3.8) is 0 Å². The number of aromatic nitrogens is 2. The van der Waals surface area contributed by atoms with Gasteiger partial charge < -0.3 is 14.0 Å². The molecule has 113 valence electrons. The molecular weight excluding hydrogens is 303 g/mol. The fraction of sp³-hybridized carbons (Fsp3) is 0.143. The van der Waals surface area contributed by atoms with Crippen molar-refractivity contribution in [1.82, 2.24) is 0 Å². The summed E-state index contributed by atoms with van der Waals surface area (Å²) in [5.41, 5.74) is 0.676. The number of hydrogen-bond donors (Lipinski definition) is 0. The van der Waals surface area contributed by atoms with Gasteiger partial charge in [-0.1, -0.05) is 0 Å². The number of carbonyl (C=O) groups is 2. The lowest BCUT2D eigenvalue weighted by Gasteiger charge is -2.06. The Kier molecular flexibility index (Phi) is 6.23. The maximum Gasteiger partial charge on any atom is 0.356 e. The van der Waals surface area contributed by atoms with Crippen LogP contribution >= 0.6 is 0 Å². The fourth-order valence-electron chi connectivity index (χ4n) is 1.81. The second kappa shape index (κ2) is 8.38. The molecule has 0 unspecified atom stereocenters. The van der Waals surface area contributed by atoms with Crippen molar-refractivity contribution in [3.8, 4) is 0 Å². The van der Waals surface area contributed by atoms with Crippen LogP contribution in [0.1, 0.15) is 20.7 Å². The minimum atomic E-state index is -0.611. The molecule has 10 heteroatoms. The largest absolute Gasteiger partial charge is 0.424 e. The lowest BCUT2D eigenvalue weighted by atomic mass is 9.11. The Labute approximate surface area is 143 Å². The normalized spacial score (nSPS) is 9.88. The van der Waals surface area contributed by atoms with Crippen LogP contribution in [0.15, 0.2) is 49.1 Å². The molecule has 0 aliphatic heterocycles. The molecule has 0 saturated carbocycles. The Bertz CT molecular complexity index is 710. The highest BCUT2D eigenvalue weighted by Crippen LogP contribution is 2.02. The van der Waals surface area contributed by atoms with E-state index in [0.717, 1.165) is 0 Å². The average molecular weight is 317 g/mol. The number of nitrogens with zero attached hydrogens (tertiary/aromatic N) is 2. The number of rotatable bonds is 6. The van der Waals surface area contributed by atoms with Gasteiger partial charge >= 0.3 is 18.6 Å². The second-order valence-electron chi connectivity index (χ2n) is 4.95. The first-order chi connectivity index (χ1) is 11.5. The van der Waals surface area contributed by atoms with Crippen molar-refractivity contribution < 1.29 is 28.1 Å². The van der Waals surface area contributed by atoms with Crippen LogP contribution in [0.4, 0.5) is 0 Å². The number of hydrogen-bond acceptors (Lipinski definition) is 4. The Balaban J connectivity index is 1.84. The lowest BCUT2D eigenvalue weighted by molar-refractivity contribution is -0.671. The standard InChI is InChI=1S/C14H13B4N2O4/c1-19-6-2-11(3-7-19)13(21)23-10-24-14(22)12-4-8-20(9-5-12)18(16)17-15/h2-9H,10H2,1H3/q+2. The highest BCUT2D eigenvalue weighted by molar-refractivity contribution is 7.43. The molecule has 0 fully saturated rings. The summed E-state index contributed by atoms with van der Waals surface area (Å²) in [6.45, 7) is -0.951. The maximum absolute atomic E-state index is 11.9. The van der Waals surface area contributed by atoms with Gasteiger partial charge in [0.05, 0.1) is 11.1 Å². The van der Waals surface area contributed by atoms with E-state index in [0.29, 0.717) is 11.1 Å². The van der Waals surface area contributed by atoms with E-state index in [2.05, 4.69) is 0 Å². The zero-order valence-corrected chi connectivity index (χ0v) is 13.2. The van der Waals surface area contributed by atoms with Crippen LogP contribution in [-0.2, 0) is 16.5 Å². The quantitative estimate of drug-likeness (QED) is 0.283. The van der Waals surface area contributed by atoms with E-state index in [9.17, 15) is 9.59 Å². The molecule has 0 aliphatic carbocycles. The van der Waals surface area contributed by atoms with E-state index in [1.807, 2.05) is 7.05 Å². The van der Waals surface area contributed by atoms with Crippen molar-refractivity contribution >= 4 is 41.1 Å². The topological polar surface area (TPSA) is 60.4 Å². The number of carbonyl (C=O) groups excluding carboxylic acids is 2. The molecule has 2 heterocycles. The fourth-order valence-corrected chi connectivity index (χ4v) is 1.81. The van der Waals surface area contributed by atoms with Crippen LogP contribution in [0, 0.1) is 0 Å². The SMILES string of the molecule is [B][B]B([B])[n+]1ccc(C(=O)OCOC(=O)c2cc[n+](C)cc2)cc1. The Morgan fingerprint density at radius 1 is 1.04 bits per heavy atom. The molecule has 0 saturated heterocycles. The van der Waals surface area contributed by atoms with Gasteiger partial charge in [0.25, 0.3) is 0 Å². The molecule has 0 N–H and O–H groups in total. The van der Waals surface area contributed by atoms with Crippen LogP contribution in [0.5, 0.6) is 0 Å². The summed E-state index contributed by atoms with van der Waals surface area (Å²) < 4.78 is 13.2. The minimum Gasteiger partial charge on any atom is -0.424 e. The van der Waals surface area contributed by atoms with Gasteiger partial charge in [-0.2, -0.15) is 0 Å². The zero-order chi connectivity index (χ0) is 17.5. The van der Waals surface area contributed by atoms with E-state index < -0.39 is 25.4 Å². The van der Waals surface area contributed by atoms with Crippen LogP contribution in [0.2, 0.25) is 0 Å². The van der Waals surface area contributed by atoms with Crippen LogP contribution in [0.25, 0.3) is 0 Å². The first-order valence-electron chi connectivity index (χ1n) is 7.12. The highest BCUT2D eigenvalue weighted by atomic mass is 16.7.